The number of nitrogens with zero attached hydrogens (tertiary/aromatic N) is 8. The second-order valence-electron chi connectivity index (χ2n) is 33.9. The van der Waals surface area contributed by atoms with Crippen LogP contribution in [-0.4, -0.2) is 256 Å². The molecule has 36 heteroatoms. The van der Waals surface area contributed by atoms with Crippen LogP contribution in [-0.2, 0) is 102 Å². The molecule has 4 aliphatic carbocycles. The largest absolute Gasteiger partial charge is 0.479 e. The van der Waals surface area contributed by atoms with Crippen molar-refractivity contribution < 1.29 is 105 Å². The van der Waals surface area contributed by atoms with Gasteiger partial charge in [0.25, 0.3) is 16.0 Å². The zero-order valence-corrected chi connectivity index (χ0v) is 69.4. The first-order valence-corrected chi connectivity index (χ1v) is 43.3. The maximum absolute atomic E-state index is 14.1. The number of para-hydroxylation sites is 1. The molecule has 118 heavy (non-hydrogen) atoms. The number of carboxylic acids is 2. The number of thioether (sulfide) groups is 1. The third-order valence-electron chi connectivity index (χ3n) is 24.2. The van der Waals surface area contributed by atoms with E-state index in [1.165, 1.54) is 23.2 Å². The molecule has 634 valence electrons. The quantitative estimate of drug-likeness (QED) is 0.0134. The number of amides is 7. The van der Waals surface area contributed by atoms with Gasteiger partial charge in [0.1, 0.15) is 42.8 Å². The lowest BCUT2D eigenvalue weighted by molar-refractivity contribution is -0.248. The van der Waals surface area contributed by atoms with Crippen LogP contribution in [0.3, 0.4) is 0 Å². The number of imide groups is 1. The molecule has 7 heterocycles. The molecular formula is C82H101N11O22S3. The van der Waals surface area contributed by atoms with Crippen molar-refractivity contribution in [3.8, 4) is 11.1 Å². The van der Waals surface area contributed by atoms with Crippen molar-refractivity contribution in [2.75, 3.05) is 68.7 Å². The predicted octanol–water partition coefficient (Wildman–Crippen LogP) is 5.77. The summed E-state index contributed by atoms with van der Waals surface area (Å²) in [5, 5.41) is 65.8. The number of aromatic carboxylic acids is 1. The van der Waals surface area contributed by atoms with Crippen LogP contribution >= 0.6 is 23.1 Å². The highest BCUT2D eigenvalue weighted by Gasteiger charge is 2.66. The van der Waals surface area contributed by atoms with E-state index in [4.69, 9.17) is 29.0 Å². The van der Waals surface area contributed by atoms with E-state index in [0.29, 0.717) is 70.4 Å². The van der Waals surface area contributed by atoms with Crippen molar-refractivity contribution in [1.29, 1.82) is 0 Å². The number of carbonyl (C=O) groups is 10. The van der Waals surface area contributed by atoms with E-state index < -0.39 is 154 Å². The van der Waals surface area contributed by atoms with Gasteiger partial charge in [-0.3, -0.25) is 53.0 Å². The molecule has 7 fully saturated rings. The second kappa shape index (κ2) is 34.8. The van der Waals surface area contributed by atoms with Gasteiger partial charge < -0.3 is 69.8 Å². The molecule has 3 saturated heterocycles. The van der Waals surface area contributed by atoms with Gasteiger partial charge in [0.05, 0.1) is 77.6 Å². The van der Waals surface area contributed by atoms with E-state index in [2.05, 4.69) is 34.8 Å². The number of Topliss-reactive ketones (excluding diaryl/α,β-unsaturated/α-hetero) is 1. The van der Waals surface area contributed by atoms with Gasteiger partial charge in [0.2, 0.25) is 29.5 Å². The monoisotopic (exact) mass is 1690 g/mol. The summed E-state index contributed by atoms with van der Waals surface area (Å²) in [5.74, 6) is -7.94. The molecule has 8 aliphatic rings. The standard InChI is InChI=1S/C82H101N11O22S3/c1-44(2)65(87-63(95)34-91-51(36-112-26-27-118(109,110)111)30-57(73(91)102)93-64(96)31-61(116-8)74(93)103)72(101)84-45(3)58(94)29-47-16-17-50(49(28-47)18-20-59-67(97)68(98)69(99)70(115-59)76(106)107)35-113-78(108)89(7)24-25-114-82-40-79(5)37-80(6,41-82)39-81(38-79,42-82)43-92-46(4)54(32-83-92)52-19-21-62(86-66(52)75(104)105)90-23-22-48-12-11-13-53(55(48)33-90)71(100)88-77-85-56-14-9-10-15-60(56)117-77/h9-17,19,21,28,32,44-45,51,57,59,61,65,67-70,97-99H,18,20,22-27,29-31,33-43H2,1-8H3,(H,84,101)(H,87,95)(H,104,105)(H,106,107)(H,85,88,100)(H,109,110,111)/t45-,51-,57-,59-,61?,65-,67-,68+,69-,70?,79?,80?,81?,82?/m0/s1. The van der Waals surface area contributed by atoms with Crippen molar-refractivity contribution in [2.45, 2.75) is 204 Å². The van der Waals surface area contributed by atoms with Gasteiger partial charge in [-0.25, -0.2) is 24.4 Å². The molecule has 3 aromatic carbocycles. The number of aliphatic hydroxyl groups is 3. The van der Waals surface area contributed by atoms with Crippen LogP contribution in [0.2, 0.25) is 0 Å². The van der Waals surface area contributed by atoms with Crippen molar-refractivity contribution in [3.63, 3.8) is 0 Å². The average Bonchev–Trinajstić information content (AvgIpc) is 0.711. The summed E-state index contributed by atoms with van der Waals surface area (Å²) >= 11 is 2.54. The summed E-state index contributed by atoms with van der Waals surface area (Å²) in [5.41, 5.74) is 5.27. The third kappa shape index (κ3) is 18.8. The Balaban J connectivity index is 0.637. The van der Waals surface area contributed by atoms with Crippen LogP contribution < -0.4 is 20.9 Å². The molecule has 0 spiro atoms. The first kappa shape index (κ1) is 86.5. The number of thiazole rings is 1. The number of fused-ring (bicyclic) bond motifs is 2. The zero-order valence-electron chi connectivity index (χ0n) is 66.9. The van der Waals surface area contributed by atoms with E-state index in [-0.39, 0.29) is 86.3 Å². The number of ketones is 1. The number of likely N-dealkylation sites (N-methyl/N-ethyl adjacent to an activating group) is 1. The van der Waals surface area contributed by atoms with Gasteiger partial charge in [-0.05, 0) is 165 Å². The van der Waals surface area contributed by atoms with E-state index in [0.717, 1.165) is 87.1 Å². The summed E-state index contributed by atoms with van der Waals surface area (Å²) in [7, 11) is -2.83. The van der Waals surface area contributed by atoms with Gasteiger partial charge in [0.15, 0.2) is 22.7 Å². The normalized spacial score (nSPS) is 26.6. The Hall–Kier alpha value is -9.37. The number of aryl methyl sites for hydroxylation is 1. The maximum Gasteiger partial charge on any atom is 0.409 e. The van der Waals surface area contributed by atoms with Crippen molar-refractivity contribution in [3.05, 3.63) is 124 Å². The number of hydrogen-bond donors (Lipinski definition) is 9. The third-order valence-corrected chi connectivity index (χ3v) is 26.8. The lowest BCUT2D eigenvalue weighted by Gasteiger charge is -2.69. The molecular weight excluding hydrogens is 1590 g/mol. The van der Waals surface area contributed by atoms with E-state index >= 15 is 0 Å². The molecule has 6 aromatic rings. The molecule has 14 rings (SSSR count). The summed E-state index contributed by atoms with van der Waals surface area (Å²) in [6.45, 7) is 11.3. The van der Waals surface area contributed by atoms with Crippen LogP contribution in [0.15, 0.2) is 79.0 Å². The predicted molar refractivity (Wildman–Crippen MR) is 431 cm³/mol. The summed E-state index contributed by atoms with van der Waals surface area (Å²) < 4.78 is 59.1. The number of carbonyl (C=O) groups excluding carboxylic acids is 8. The number of likely N-dealkylation sites (tertiary alicyclic amines) is 2. The summed E-state index contributed by atoms with van der Waals surface area (Å²) in [6.07, 6.45) is -0.910. The number of nitrogens with one attached hydrogen (secondary N) is 3. The minimum atomic E-state index is -4.42. The number of pyridine rings is 1. The zero-order chi connectivity index (χ0) is 84.8. The minimum absolute atomic E-state index is 0.00532. The summed E-state index contributed by atoms with van der Waals surface area (Å²) in [6, 6.07) is 17.2. The second-order valence-corrected chi connectivity index (χ2v) is 37.5. The Labute approximate surface area is 690 Å². The highest BCUT2D eigenvalue weighted by molar-refractivity contribution is 8.00. The molecule has 4 bridgehead atoms. The number of aliphatic hydroxyl groups excluding tert-OH is 3. The van der Waals surface area contributed by atoms with Crippen LogP contribution in [0.5, 0.6) is 0 Å². The molecule has 7 amide bonds. The average molecular weight is 1690 g/mol. The van der Waals surface area contributed by atoms with Crippen molar-refractivity contribution >= 4 is 114 Å². The molecule has 3 aromatic heterocycles. The van der Waals surface area contributed by atoms with E-state index in [1.54, 1.807) is 63.7 Å². The smallest absolute Gasteiger partial charge is 0.409 e. The van der Waals surface area contributed by atoms with Crippen molar-refractivity contribution in [2.24, 2.45) is 22.2 Å². The fraction of sp³-hybridized carbons (Fsp3) is 0.549. The van der Waals surface area contributed by atoms with Crippen LogP contribution in [0, 0.1) is 29.1 Å². The molecule has 4 unspecified atom stereocenters. The first-order chi connectivity index (χ1) is 55.8. The lowest BCUT2D eigenvalue weighted by atomic mass is 9.39. The van der Waals surface area contributed by atoms with Crippen LogP contribution in [0.1, 0.15) is 147 Å². The van der Waals surface area contributed by atoms with E-state index in [9.17, 15) is 86.4 Å². The fourth-order valence-corrected chi connectivity index (χ4v) is 21.4. The van der Waals surface area contributed by atoms with Gasteiger partial charge in [-0.2, -0.15) is 25.3 Å². The fourth-order valence-electron chi connectivity index (χ4n) is 19.6. The Morgan fingerprint density at radius 1 is 0.847 bits per heavy atom. The molecule has 4 aliphatic heterocycles. The first-order valence-electron chi connectivity index (χ1n) is 39.5. The van der Waals surface area contributed by atoms with Gasteiger partial charge in [0, 0.05) is 68.5 Å². The Bertz CT molecular complexity index is 4990. The molecule has 12 atom stereocenters. The SMILES string of the molecule is CSC1CC(=O)N([C@H]2C[C@@H](COCCS(=O)(=O)O)N(CC(=O)N[C@H](C(=O)N[C@@H](C)C(=O)Cc3ccc(COC(=O)N(C)CCOC45CC6(C)CC(C)(CC(Cn7ncc(-c8ccc(N9CCc%10cccc(C(=O)Nc%11nc%12ccccc%12s%11)c%10C9)nc8C(=O)O)c7C)(C6)C4)C5)c(CC[C@@H]4OC(C(=O)O)[C@@H](O)[C@H](O)[C@H]4O)c3)C(C)C)C2=O)C1=O. The number of carboxylic acid groups (broad SMARTS) is 2. The topological polar surface area (TPSA) is 456 Å². The number of anilines is 2. The Morgan fingerprint density at radius 2 is 1.59 bits per heavy atom. The molecule has 0 radical (unpaired) electrons. The summed E-state index contributed by atoms with van der Waals surface area (Å²) in [4.78, 5) is 150. The van der Waals surface area contributed by atoms with Gasteiger partial charge in [-0.15, -0.1) is 0 Å². The number of hydrogen-bond acceptors (Lipinski definition) is 25. The maximum atomic E-state index is 14.1. The Kier molecular flexibility index (Phi) is 25.5. The van der Waals surface area contributed by atoms with Gasteiger partial charge >= 0.3 is 18.0 Å². The Morgan fingerprint density at radius 3 is 2.29 bits per heavy atom. The number of benzene rings is 3. The number of aromatic nitrogens is 4. The van der Waals surface area contributed by atoms with Crippen molar-refractivity contribution in [1.82, 2.24) is 45.1 Å². The molecule has 9 N–H and O–H groups in total. The molecule has 4 saturated carbocycles. The number of rotatable bonds is 33. The van der Waals surface area contributed by atoms with Gasteiger partial charge in [-0.1, -0.05) is 81.5 Å². The molecule has 33 nitrogen and oxygen atoms in total. The van der Waals surface area contributed by atoms with E-state index in [1.807, 2.05) is 59.0 Å². The lowest BCUT2D eigenvalue weighted by Crippen LogP contribution is -2.64. The van der Waals surface area contributed by atoms with Crippen LogP contribution in [0.4, 0.5) is 15.7 Å². The van der Waals surface area contributed by atoms with Crippen LogP contribution in [0.25, 0.3) is 21.3 Å². The highest BCUT2D eigenvalue weighted by atomic mass is 32.2. The highest BCUT2D eigenvalue weighted by Crippen LogP contribution is 2.72. The minimum Gasteiger partial charge on any atom is -0.479 e. The number of ether oxygens (including phenoxy) is 4. The number of aliphatic carboxylic acids is 1.